The van der Waals surface area contributed by atoms with Gasteiger partial charge in [0.05, 0.1) is 23.0 Å². The molecule has 2 aromatic rings. The molecule has 0 aliphatic heterocycles. The van der Waals surface area contributed by atoms with Gasteiger partial charge in [-0.2, -0.15) is 5.10 Å². The van der Waals surface area contributed by atoms with Gasteiger partial charge in [0.25, 0.3) is 0 Å². The monoisotopic (exact) mass is 279 g/mol. The fourth-order valence-corrected chi connectivity index (χ4v) is 2.05. The summed E-state index contributed by atoms with van der Waals surface area (Å²) in [5.74, 6) is 0.987. The first-order chi connectivity index (χ1) is 8.93. The fraction of sp³-hybridized carbons (Fsp3) is 0.429. The summed E-state index contributed by atoms with van der Waals surface area (Å²) in [5.41, 5.74) is 3.40. The Morgan fingerprint density at radius 3 is 2.47 bits per heavy atom. The molecule has 0 saturated heterocycles. The highest BCUT2D eigenvalue weighted by atomic mass is 35.5. The minimum absolute atomic E-state index is 0.0116. The molecule has 2 rings (SSSR count). The molecule has 4 nitrogen and oxygen atoms in total. The first-order valence-electron chi connectivity index (χ1n) is 6.27. The zero-order chi connectivity index (χ0) is 14.2. The molecule has 0 atom stereocenters. The molecule has 0 saturated carbocycles. The molecule has 19 heavy (non-hydrogen) atoms. The van der Waals surface area contributed by atoms with Crippen LogP contribution in [0.25, 0.3) is 5.82 Å². The standard InChI is InChI=1S/C14H18ClN3O/c1-8(2)12-5-11(7-19)6-13(16-12)18-10(4)14(15)9(3)17-18/h5-6,8,19H,7H2,1-4H3. The number of nitrogens with zero attached hydrogens (tertiary/aromatic N) is 3. The lowest BCUT2D eigenvalue weighted by atomic mass is 10.1. The number of aromatic nitrogens is 3. The molecular formula is C14H18ClN3O. The van der Waals surface area contributed by atoms with Crippen molar-refractivity contribution in [3.8, 4) is 5.82 Å². The van der Waals surface area contributed by atoms with Crippen LogP contribution in [0, 0.1) is 13.8 Å². The highest BCUT2D eigenvalue weighted by Crippen LogP contribution is 2.23. The van der Waals surface area contributed by atoms with E-state index in [2.05, 4.69) is 23.9 Å². The number of aliphatic hydroxyl groups is 1. The van der Waals surface area contributed by atoms with E-state index in [1.54, 1.807) is 4.68 Å². The summed E-state index contributed by atoms with van der Waals surface area (Å²) in [6.45, 7) is 7.90. The number of aryl methyl sites for hydroxylation is 1. The van der Waals surface area contributed by atoms with Crippen LogP contribution in [0.4, 0.5) is 0 Å². The van der Waals surface area contributed by atoms with Crippen molar-refractivity contribution >= 4 is 11.6 Å². The average molecular weight is 280 g/mol. The van der Waals surface area contributed by atoms with Crippen molar-refractivity contribution in [2.24, 2.45) is 0 Å². The van der Waals surface area contributed by atoms with E-state index in [1.165, 1.54) is 0 Å². The Morgan fingerprint density at radius 1 is 1.32 bits per heavy atom. The lowest BCUT2D eigenvalue weighted by Crippen LogP contribution is -2.06. The van der Waals surface area contributed by atoms with Crippen LogP contribution in [0.1, 0.15) is 42.4 Å². The van der Waals surface area contributed by atoms with E-state index in [1.807, 2.05) is 26.0 Å². The Kier molecular flexibility index (Phi) is 3.92. The van der Waals surface area contributed by atoms with Gasteiger partial charge in [-0.3, -0.25) is 0 Å². The molecule has 102 valence electrons. The van der Waals surface area contributed by atoms with Crippen molar-refractivity contribution in [2.45, 2.75) is 40.2 Å². The van der Waals surface area contributed by atoms with Crippen LogP contribution in [0.3, 0.4) is 0 Å². The van der Waals surface area contributed by atoms with Crippen molar-refractivity contribution < 1.29 is 5.11 Å². The van der Waals surface area contributed by atoms with E-state index < -0.39 is 0 Å². The van der Waals surface area contributed by atoms with E-state index in [4.69, 9.17) is 11.6 Å². The van der Waals surface area contributed by atoms with E-state index in [9.17, 15) is 5.11 Å². The Bertz CT molecular complexity index is 605. The molecule has 0 spiro atoms. The highest BCUT2D eigenvalue weighted by Gasteiger charge is 2.14. The molecule has 0 amide bonds. The predicted octanol–water partition coefficient (Wildman–Crippen LogP) is 3.15. The predicted molar refractivity (Wildman–Crippen MR) is 75.9 cm³/mol. The zero-order valence-corrected chi connectivity index (χ0v) is 12.4. The third-order valence-electron chi connectivity index (χ3n) is 3.09. The van der Waals surface area contributed by atoms with Crippen molar-refractivity contribution in [3.05, 3.63) is 39.8 Å². The summed E-state index contributed by atoms with van der Waals surface area (Å²) >= 11 is 6.16. The van der Waals surface area contributed by atoms with Gasteiger partial charge in [-0.1, -0.05) is 25.4 Å². The van der Waals surface area contributed by atoms with Crippen LogP contribution >= 0.6 is 11.6 Å². The van der Waals surface area contributed by atoms with Crippen LogP contribution in [-0.4, -0.2) is 19.9 Å². The van der Waals surface area contributed by atoms with Crippen molar-refractivity contribution in [3.63, 3.8) is 0 Å². The van der Waals surface area contributed by atoms with Gasteiger partial charge in [0, 0.05) is 5.69 Å². The molecule has 5 heteroatoms. The van der Waals surface area contributed by atoms with Crippen LogP contribution < -0.4 is 0 Å². The summed E-state index contributed by atoms with van der Waals surface area (Å²) in [4.78, 5) is 4.60. The van der Waals surface area contributed by atoms with E-state index in [0.717, 1.165) is 22.6 Å². The Balaban J connectivity index is 2.61. The summed E-state index contributed by atoms with van der Waals surface area (Å²) in [6, 6.07) is 3.75. The van der Waals surface area contributed by atoms with Crippen LogP contribution in [-0.2, 0) is 6.61 Å². The summed E-state index contributed by atoms with van der Waals surface area (Å²) in [6.07, 6.45) is 0. The Hall–Kier alpha value is -1.39. The van der Waals surface area contributed by atoms with Gasteiger partial charge in [0.2, 0.25) is 0 Å². The van der Waals surface area contributed by atoms with Gasteiger partial charge in [-0.05, 0) is 37.5 Å². The quantitative estimate of drug-likeness (QED) is 0.939. The molecule has 0 aliphatic rings. The molecule has 2 aromatic heterocycles. The number of halogens is 1. The number of aliphatic hydroxyl groups excluding tert-OH is 1. The molecule has 1 N–H and O–H groups in total. The second-order valence-electron chi connectivity index (χ2n) is 4.97. The molecular weight excluding hydrogens is 262 g/mol. The molecule has 2 heterocycles. The van der Waals surface area contributed by atoms with E-state index in [-0.39, 0.29) is 12.5 Å². The minimum atomic E-state index is -0.0116. The molecule has 0 aromatic carbocycles. The fourth-order valence-electron chi connectivity index (χ4n) is 1.94. The molecule has 0 radical (unpaired) electrons. The maximum Gasteiger partial charge on any atom is 0.154 e. The Labute approximate surface area is 118 Å². The zero-order valence-electron chi connectivity index (χ0n) is 11.6. The second-order valence-corrected chi connectivity index (χ2v) is 5.35. The second kappa shape index (κ2) is 5.31. The average Bonchev–Trinajstić information content (AvgIpc) is 2.66. The van der Waals surface area contributed by atoms with E-state index >= 15 is 0 Å². The third-order valence-corrected chi connectivity index (χ3v) is 3.63. The van der Waals surface area contributed by atoms with Gasteiger partial charge in [0.15, 0.2) is 5.82 Å². The van der Waals surface area contributed by atoms with Gasteiger partial charge in [0.1, 0.15) is 0 Å². The first-order valence-corrected chi connectivity index (χ1v) is 6.65. The molecule has 0 bridgehead atoms. The van der Waals surface area contributed by atoms with Gasteiger partial charge < -0.3 is 5.11 Å². The van der Waals surface area contributed by atoms with Gasteiger partial charge in [-0.25, -0.2) is 9.67 Å². The van der Waals surface area contributed by atoms with Crippen molar-refractivity contribution in [2.75, 3.05) is 0 Å². The van der Waals surface area contributed by atoms with Crippen LogP contribution in [0.5, 0.6) is 0 Å². The van der Waals surface area contributed by atoms with Crippen LogP contribution in [0.2, 0.25) is 5.02 Å². The summed E-state index contributed by atoms with van der Waals surface area (Å²) in [5, 5.41) is 14.4. The molecule has 0 unspecified atom stereocenters. The van der Waals surface area contributed by atoms with Gasteiger partial charge in [-0.15, -0.1) is 0 Å². The topological polar surface area (TPSA) is 50.9 Å². The Morgan fingerprint density at radius 2 is 2.00 bits per heavy atom. The van der Waals surface area contributed by atoms with Crippen molar-refractivity contribution in [1.29, 1.82) is 0 Å². The van der Waals surface area contributed by atoms with E-state index in [0.29, 0.717) is 10.8 Å². The smallest absolute Gasteiger partial charge is 0.154 e. The van der Waals surface area contributed by atoms with Crippen molar-refractivity contribution in [1.82, 2.24) is 14.8 Å². The van der Waals surface area contributed by atoms with Gasteiger partial charge >= 0.3 is 0 Å². The maximum atomic E-state index is 9.36. The minimum Gasteiger partial charge on any atom is -0.392 e. The maximum absolute atomic E-state index is 9.36. The lowest BCUT2D eigenvalue weighted by molar-refractivity contribution is 0.281. The largest absolute Gasteiger partial charge is 0.392 e. The number of hydrogen-bond acceptors (Lipinski definition) is 3. The SMILES string of the molecule is Cc1nn(-c2cc(CO)cc(C(C)C)n2)c(C)c1Cl. The molecule has 0 fully saturated rings. The summed E-state index contributed by atoms with van der Waals surface area (Å²) < 4.78 is 1.72. The normalized spacial score (nSPS) is 11.3. The molecule has 0 aliphatic carbocycles. The lowest BCUT2D eigenvalue weighted by Gasteiger charge is -2.11. The number of pyridine rings is 1. The third kappa shape index (κ3) is 2.65. The first kappa shape index (κ1) is 14.0. The summed E-state index contributed by atoms with van der Waals surface area (Å²) in [7, 11) is 0. The number of rotatable bonds is 3. The highest BCUT2D eigenvalue weighted by molar-refractivity contribution is 6.31. The van der Waals surface area contributed by atoms with Crippen LogP contribution in [0.15, 0.2) is 12.1 Å². The number of hydrogen-bond donors (Lipinski definition) is 1.